The first-order valence-corrected chi connectivity index (χ1v) is 8.17. The van der Waals surface area contributed by atoms with E-state index in [4.69, 9.17) is 11.6 Å². The van der Waals surface area contributed by atoms with Gasteiger partial charge < -0.3 is 19.9 Å². The molecule has 3 rings (SSSR count). The molecule has 0 bridgehead atoms. The Morgan fingerprint density at radius 1 is 1.15 bits per heavy atom. The topological polar surface area (TPSA) is 124 Å². The van der Waals surface area contributed by atoms with Gasteiger partial charge in [0.05, 0.1) is 16.1 Å². The van der Waals surface area contributed by atoms with Gasteiger partial charge in [-0.25, -0.2) is 9.78 Å². The number of aromatic nitrogens is 2. The molecule has 0 unspecified atom stereocenters. The normalized spacial score (nSPS) is 14.5. The Balaban J connectivity index is 1.89. The summed E-state index contributed by atoms with van der Waals surface area (Å²) in [5.41, 5.74) is -0.206. The fraction of sp³-hybridized carbons (Fsp3) is 0.312. The van der Waals surface area contributed by atoms with Gasteiger partial charge in [0.1, 0.15) is 0 Å². The van der Waals surface area contributed by atoms with Crippen LogP contribution in [-0.2, 0) is 9.59 Å². The predicted molar refractivity (Wildman–Crippen MR) is 91.2 cm³/mol. The van der Waals surface area contributed by atoms with Gasteiger partial charge in [-0.3, -0.25) is 14.4 Å². The number of carboxylic acids is 1. The van der Waals surface area contributed by atoms with E-state index in [1.54, 1.807) is 4.90 Å². The van der Waals surface area contributed by atoms with Crippen molar-refractivity contribution in [1.29, 1.82) is 0 Å². The molecule has 3 heterocycles. The van der Waals surface area contributed by atoms with Gasteiger partial charge in [0.15, 0.2) is 5.69 Å². The van der Waals surface area contributed by atoms with Crippen molar-refractivity contribution in [2.24, 2.45) is 0 Å². The van der Waals surface area contributed by atoms with Crippen LogP contribution < -0.4 is 0 Å². The van der Waals surface area contributed by atoms with Crippen molar-refractivity contribution in [3.05, 3.63) is 28.7 Å². The number of aromatic amines is 1. The van der Waals surface area contributed by atoms with Crippen molar-refractivity contribution in [3.8, 4) is 0 Å². The fourth-order valence-electron chi connectivity index (χ4n) is 2.93. The average Bonchev–Trinajstić information content (AvgIpc) is 3.06. The number of hydrogen-bond acceptors (Lipinski definition) is 5. The molecule has 0 aromatic carbocycles. The Morgan fingerprint density at radius 2 is 1.77 bits per heavy atom. The SMILES string of the molecule is CC(=O)N1CCN(C(=O)C(=O)c2c[nH]c3c(C(=O)O)ncc(Cl)c23)CC1. The summed E-state index contributed by atoms with van der Waals surface area (Å²) >= 11 is 6.07. The molecule has 1 aliphatic rings. The molecule has 0 saturated carbocycles. The molecule has 1 fully saturated rings. The first kappa shape index (κ1) is 17.9. The van der Waals surface area contributed by atoms with Gasteiger partial charge in [-0.15, -0.1) is 0 Å². The minimum atomic E-state index is -1.28. The zero-order valence-corrected chi connectivity index (χ0v) is 14.5. The number of piperazine rings is 1. The molecule has 2 amide bonds. The van der Waals surface area contributed by atoms with E-state index in [-0.39, 0.29) is 46.2 Å². The lowest BCUT2D eigenvalue weighted by atomic mass is 10.1. The van der Waals surface area contributed by atoms with E-state index in [9.17, 15) is 24.3 Å². The number of nitrogens with one attached hydrogen (secondary N) is 1. The molecule has 9 nitrogen and oxygen atoms in total. The lowest BCUT2D eigenvalue weighted by Crippen LogP contribution is -2.51. The number of carboxylic acid groups (broad SMARTS) is 1. The summed E-state index contributed by atoms with van der Waals surface area (Å²) < 4.78 is 0. The summed E-state index contributed by atoms with van der Waals surface area (Å²) in [6.07, 6.45) is 2.39. The van der Waals surface area contributed by atoms with Crippen LogP contribution in [0, 0.1) is 0 Å². The summed E-state index contributed by atoms with van der Waals surface area (Å²) in [7, 11) is 0. The van der Waals surface area contributed by atoms with E-state index in [0.717, 1.165) is 6.20 Å². The third-order valence-corrected chi connectivity index (χ3v) is 4.60. The molecule has 0 atom stereocenters. The summed E-state index contributed by atoms with van der Waals surface area (Å²) in [4.78, 5) is 57.2. The fourth-order valence-corrected chi connectivity index (χ4v) is 3.18. The Kier molecular flexibility index (Phi) is 4.64. The maximum atomic E-state index is 12.6. The van der Waals surface area contributed by atoms with Gasteiger partial charge in [-0.05, 0) is 0 Å². The highest BCUT2D eigenvalue weighted by Gasteiger charge is 2.30. The van der Waals surface area contributed by atoms with E-state index in [1.165, 1.54) is 18.0 Å². The van der Waals surface area contributed by atoms with Gasteiger partial charge in [-0.2, -0.15) is 0 Å². The molecule has 2 N–H and O–H groups in total. The number of amides is 2. The van der Waals surface area contributed by atoms with E-state index in [1.807, 2.05) is 0 Å². The molecule has 0 aliphatic carbocycles. The number of pyridine rings is 1. The lowest BCUT2D eigenvalue weighted by molar-refractivity contribution is -0.135. The number of Topliss-reactive ketones (excluding diaryl/α,β-unsaturated/α-hetero) is 1. The van der Waals surface area contributed by atoms with Crippen molar-refractivity contribution in [3.63, 3.8) is 0 Å². The van der Waals surface area contributed by atoms with Crippen molar-refractivity contribution in [1.82, 2.24) is 19.8 Å². The van der Waals surface area contributed by atoms with Gasteiger partial charge in [-0.1, -0.05) is 11.6 Å². The van der Waals surface area contributed by atoms with Crippen molar-refractivity contribution in [2.45, 2.75) is 6.92 Å². The monoisotopic (exact) mass is 378 g/mol. The van der Waals surface area contributed by atoms with Crippen LogP contribution in [0.15, 0.2) is 12.4 Å². The number of H-pyrrole nitrogens is 1. The van der Waals surface area contributed by atoms with Crippen molar-refractivity contribution in [2.75, 3.05) is 26.2 Å². The molecule has 1 saturated heterocycles. The average molecular weight is 379 g/mol. The maximum Gasteiger partial charge on any atom is 0.356 e. The highest BCUT2D eigenvalue weighted by Crippen LogP contribution is 2.28. The van der Waals surface area contributed by atoms with E-state index in [0.29, 0.717) is 13.1 Å². The quantitative estimate of drug-likeness (QED) is 0.601. The molecule has 136 valence electrons. The predicted octanol–water partition coefficient (Wildman–Crippen LogP) is 0.788. The van der Waals surface area contributed by atoms with Crippen LogP contribution in [0.2, 0.25) is 5.02 Å². The van der Waals surface area contributed by atoms with Gasteiger partial charge in [0, 0.05) is 50.9 Å². The number of ketones is 1. The number of aromatic carboxylic acids is 1. The summed E-state index contributed by atoms with van der Waals surface area (Å²) in [6.45, 7) is 2.67. The van der Waals surface area contributed by atoms with Crippen molar-refractivity contribution < 1.29 is 24.3 Å². The highest BCUT2D eigenvalue weighted by molar-refractivity contribution is 6.47. The molecule has 26 heavy (non-hydrogen) atoms. The third-order valence-electron chi connectivity index (χ3n) is 4.32. The number of fused-ring (bicyclic) bond motifs is 1. The first-order valence-electron chi connectivity index (χ1n) is 7.79. The zero-order chi connectivity index (χ0) is 19.0. The molecular weight excluding hydrogens is 364 g/mol. The second kappa shape index (κ2) is 6.75. The van der Waals surface area contributed by atoms with Crippen LogP contribution in [0.3, 0.4) is 0 Å². The molecule has 2 aromatic heterocycles. The molecule has 2 aromatic rings. The van der Waals surface area contributed by atoms with Crippen molar-refractivity contribution >= 4 is 46.1 Å². The Bertz CT molecular complexity index is 930. The van der Waals surface area contributed by atoms with Gasteiger partial charge in [0.25, 0.3) is 11.7 Å². The Morgan fingerprint density at radius 3 is 2.35 bits per heavy atom. The van der Waals surface area contributed by atoms with Crippen LogP contribution in [0.5, 0.6) is 0 Å². The number of rotatable bonds is 3. The second-order valence-corrected chi connectivity index (χ2v) is 6.25. The summed E-state index contributed by atoms with van der Waals surface area (Å²) in [5, 5.41) is 9.41. The second-order valence-electron chi connectivity index (χ2n) is 5.84. The minimum absolute atomic E-state index is 0.00565. The Labute approximate surface area is 152 Å². The smallest absolute Gasteiger partial charge is 0.356 e. The van der Waals surface area contributed by atoms with Gasteiger partial charge >= 0.3 is 5.97 Å². The molecule has 10 heteroatoms. The van der Waals surface area contributed by atoms with Crippen LogP contribution in [0.4, 0.5) is 0 Å². The minimum Gasteiger partial charge on any atom is -0.476 e. The van der Waals surface area contributed by atoms with Crippen LogP contribution in [-0.4, -0.2) is 74.6 Å². The number of halogens is 1. The molecular formula is C16H15ClN4O5. The Hall–Kier alpha value is -2.94. The largest absolute Gasteiger partial charge is 0.476 e. The number of hydrogen-bond donors (Lipinski definition) is 2. The lowest BCUT2D eigenvalue weighted by Gasteiger charge is -2.33. The molecule has 1 aliphatic heterocycles. The maximum absolute atomic E-state index is 12.6. The van der Waals surface area contributed by atoms with Gasteiger partial charge in [0.2, 0.25) is 5.91 Å². The standard InChI is InChI=1S/C16H15ClN4O5/c1-8(22)20-2-4-21(5-3-20)15(24)14(23)9-6-18-12-11(9)10(17)7-19-13(12)16(25)26/h6-7,18H,2-5H2,1H3,(H,25,26). The summed E-state index contributed by atoms with van der Waals surface area (Å²) in [6, 6.07) is 0. The number of carbonyl (C=O) groups is 4. The van der Waals surface area contributed by atoms with Crippen LogP contribution in [0.25, 0.3) is 10.9 Å². The third kappa shape index (κ3) is 3.01. The van der Waals surface area contributed by atoms with Crippen LogP contribution in [0.1, 0.15) is 27.8 Å². The first-order chi connectivity index (χ1) is 12.3. The zero-order valence-electron chi connectivity index (χ0n) is 13.8. The molecule has 0 radical (unpaired) electrons. The van der Waals surface area contributed by atoms with E-state index >= 15 is 0 Å². The highest BCUT2D eigenvalue weighted by atomic mass is 35.5. The van der Waals surface area contributed by atoms with E-state index < -0.39 is 17.7 Å². The number of nitrogens with zero attached hydrogens (tertiary/aromatic N) is 3. The number of carbonyl (C=O) groups excluding carboxylic acids is 3. The molecule has 0 spiro atoms. The van der Waals surface area contributed by atoms with E-state index in [2.05, 4.69) is 9.97 Å². The van der Waals surface area contributed by atoms with Crippen LogP contribution >= 0.6 is 11.6 Å². The summed E-state index contributed by atoms with van der Waals surface area (Å²) in [5.74, 6) is -2.88.